The Balaban J connectivity index is 1.63. The van der Waals surface area contributed by atoms with Crippen molar-refractivity contribution in [1.29, 1.82) is 0 Å². The highest BCUT2D eigenvalue weighted by Gasteiger charge is 2.22. The van der Waals surface area contributed by atoms with Crippen LogP contribution in [0.15, 0.2) is 47.4 Å². The fraction of sp³-hybridized carbons (Fsp3) is 0.278. The van der Waals surface area contributed by atoms with Crippen LogP contribution in [0.3, 0.4) is 0 Å². The summed E-state index contributed by atoms with van der Waals surface area (Å²) >= 11 is 1.89. The van der Waals surface area contributed by atoms with Gasteiger partial charge in [0.1, 0.15) is 12.4 Å². The van der Waals surface area contributed by atoms with Gasteiger partial charge >= 0.3 is 0 Å². The average molecular weight is 298 g/mol. The van der Waals surface area contributed by atoms with Crippen LogP contribution in [0.4, 0.5) is 0 Å². The normalized spacial score (nSPS) is 16.6. The molecule has 108 valence electrons. The summed E-state index contributed by atoms with van der Waals surface area (Å²) in [5, 5.41) is 0.467. The van der Waals surface area contributed by atoms with E-state index in [2.05, 4.69) is 24.3 Å². The zero-order chi connectivity index (χ0) is 14.8. The minimum Gasteiger partial charge on any atom is -0.492 e. The Kier molecular flexibility index (Phi) is 4.02. The van der Waals surface area contributed by atoms with Crippen molar-refractivity contribution in [1.82, 2.24) is 0 Å². The predicted octanol–water partition coefficient (Wildman–Crippen LogP) is 4.29. The number of aryl methyl sites for hydroxylation is 1. The molecule has 0 radical (unpaired) electrons. The van der Waals surface area contributed by atoms with Crippen LogP contribution < -0.4 is 4.74 Å². The van der Waals surface area contributed by atoms with Crippen molar-refractivity contribution in [3.05, 3.63) is 59.2 Å². The van der Waals surface area contributed by atoms with Crippen LogP contribution in [-0.4, -0.2) is 17.6 Å². The molecule has 0 saturated carbocycles. The van der Waals surface area contributed by atoms with Crippen LogP contribution in [0.1, 0.15) is 28.4 Å². The predicted molar refractivity (Wildman–Crippen MR) is 86.5 cm³/mol. The first-order valence-corrected chi connectivity index (χ1v) is 8.00. The van der Waals surface area contributed by atoms with Gasteiger partial charge in [-0.05, 0) is 55.7 Å². The Bertz CT molecular complexity index is 654. The van der Waals surface area contributed by atoms with Gasteiger partial charge in [-0.15, -0.1) is 11.8 Å². The van der Waals surface area contributed by atoms with Gasteiger partial charge in [-0.25, -0.2) is 0 Å². The molecule has 0 amide bonds. The molecule has 1 unspecified atom stereocenters. The summed E-state index contributed by atoms with van der Waals surface area (Å²) in [7, 11) is 0. The molecule has 3 rings (SSSR count). The highest BCUT2D eigenvalue weighted by molar-refractivity contribution is 8.00. The Labute approximate surface area is 129 Å². The molecule has 3 heteroatoms. The van der Waals surface area contributed by atoms with Crippen molar-refractivity contribution in [3.63, 3.8) is 0 Å². The Morgan fingerprint density at radius 2 is 2.10 bits per heavy atom. The molecule has 0 bridgehead atoms. The summed E-state index contributed by atoms with van der Waals surface area (Å²) in [5.41, 5.74) is 3.17. The molecule has 2 aromatic rings. The minimum absolute atomic E-state index is 0.0893. The summed E-state index contributed by atoms with van der Waals surface area (Å²) in [6.45, 7) is 4.26. The van der Waals surface area contributed by atoms with E-state index >= 15 is 0 Å². The first kappa shape index (κ1) is 14.2. The van der Waals surface area contributed by atoms with Gasteiger partial charge in [-0.2, -0.15) is 0 Å². The van der Waals surface area contributed by atoms with Crippen molar-refractivity contribution in [3.8, 4) is 5.75 Å². The van der Waals surface area contributed by atoms with Gasteiger partial charge in [-0.3, -0.25) is 4.79 Å². The van der Waals surface area contributed by atoms with Crippen LogP contribution in [0.5, 0.6) is 5.75 Å². The summed E-state index contributed by atoms with van der Waals surface area (Å²) in [4.78, 5) is 12.7. The van der Waals surface area contributed by atoms with E-state index < -0.39 is 0 Å². The number of benzene rings is 2. The highest BCUT2D eigenvalue weighted by atomic mass is 32.2. The van der Waals surface area contributed by atoms with E-state index in [4.69, 9.17) is 4.74 Å². The Morgan fingerprint density at radius 3 is 2.81 bits per heavy atom. The number of carbonyl (C=O) groups excluding carboxylic acids is 1. The van der Waals surface area contributed by atoms with Crippen LogP contribution in [0, 0.1) is 6.92 Å². The Hall–Kier alpha value is -1.74. The van der Waals surface area contributed by atoms with E-state index in [-0.39, 0.29) is 5.78 Å². The lowest BCUT2D eigenvalue weighted by molar-refractivity contribution is 0.101. The fourth-order valence-electron chi connectivity index (χ4n) is 2.56. The van der Waals surface area contributed by atoms with E-state index in [9.17, 15) is 4.79 Å². The zero-order valence-corrected chi connectivity index (χ0v) is 13.1. The topological polar surface area (TPSA) is 26.3 Å². The first-order chi connectivity index (χ1) is 10.1. The maximum atomic E-state index is 11.4. The molecule has 0 N–H and O–H groups in total. The summed E-state index contributed by atoms with van der Waals surface area (Å²) in [5.74, 6) is 0.961. The second kappa shape index (κ2) is 5.94. The van der Waals surface area contributed by atoms with Crippen LogP contribution in [0.2, 0.25) is 0 Å². The van der Waals surface area contributed by atoms with E-state index in [1.54, 1.807) is 6.92 Å². The third-order valence-electron chi connectivity index (χ3n) is 3.72. The summed E-state index contributed by atoms with van der Waals surface area (Å²) < 4.78 is 5.95. The molecule has 0 spiro atoms. The van der Waals surface area contributed by atoms with E-state index in [1.165, 1.54) is 10.5 Å². The largest absolute Gasteiger partial charge is 0.492 e. The van der Waals surface area contributed by atoms with E-state index in [0.29, 0.717) is 11.9 Å². The molecule has 1 aliphatic rings. The third kappa shape index (κ3) is 3.13. The lowest BCUT2D eigenvalue weighted by atomic mass is 10.1. The smallest absolute Gasteiger partial charge is 0.159 e. The SMILES string of the molecule is CC(=O)c1ccc(OCC2Cc3ccccc3S2)c(C)c1. The molecular formula is C18H18O2S. The first-order valence-electron chi connectivity index (χ1n) is 7.12. The van der Waals surface area contributed by atoms with Gasteiger partial charge in [0, 0.05) is 15.7 Å². The lowest BCUT2D eigenvalue weighted by Crippen LogP contribution is -2.14. The molecule has 2 nitrogen and oxygen atoms in total. The molecular weight excluding hydrogens is 280 g/mol. The molecule has 0 aromatic heterocycles. The maximum Gasteiger partial charge on any atom is 0.159 e. The number of fused-ring (bicyclic) bond motifs is 1. The van der Waals surface area contributed by atoms with Crippen molar-refractivity contribution >= 4 is 17.5 Å². The van der Waals surface area contributed by atoms with Crippen LogP contribution in [0.25, 0.3) is 0 Å². The zero-order valence-electron chi connectivity index (χ0n) is 12.3. The van der Waals surface area contributed by atoms with Gasteiger partial charge in [-0.1, -0.05) is 18.2 Å². The number of ketones is 1. The number of Topliss-reactive ketones (excluding diaryl/α,β-unsaturated/α-hetero) is 1. The fourth-order valence-corrected chi connectivity index (χ4v) is 3.78. The average Bonchev–Trinajstić information content (AvgIpc) is 2.88. The van der Waals surface area contributed by atoms with Crippen LogP contribution >= 0.6 is 11.8 Å². The number of hydrogen-bond acceptors (Lipinski definition) is 3. The van der Waals surface area contributed by atoms with Crippen LogP contribution in [-0.2, 0) is 6.42 Å². The van der Waals surface area contributed by atoms with Crippen molar-refractivity contribution < 1.29 is 9.53 Å². The second-order valence-corrected chi connectivity index (χ2v) is 6.74. The van der Waals surface area contributed by atoms with Gasteiger partial charge in [0.05, 0.1) is 0 Å². The maximum absolute atomic E-state index is 11.4. The molecule has 1 atom stereocenters. The molecule has 2 aromatic carbocycles. The highest BCUT2D eigenvalue weighted by Crippen LogP contribution is 2.37. The van der Waals surface area contributed by atoms with E-state index in [0.717, 1.165) is 23.3 Å². The standard InChI is InChI=1S/C18H18O2S/c1-12-9-14(13(2)19)7-8-17(12)20-11-16-10-15-5-3-4-6-18(15)21-16/h3-9,16H,10-11H2,1-2H3. The molecule has 0 aliphatic carbocycles. The molecule has 0 fully saturated rings. The quantitative estimate of drug-likeness (QED) is 0.788. The number of hydrogen-bond donors (Lipinski definition) is 0. The monoisotopic (exact) mass is 298 g/mol. The van der Waals surface area contributed by atoms with E-state index in [1.807, 2.05) is 36.9 Å². The van der Waals surface area contributed by atoms with Gasteiger partial charge in [0.2, 0.25) is 0 Å². The lowest BCUT2D eigenvalue weighted by Gasteiger charge is -2.13. The Morgan fingerprint density at radius 1 is 1.29 bits per heavy atom. The number of carbonyl (C=O) groups is 1. The minimum atomic E-state index is 0.0893. The van der Waals surface area contributed by atoms with Crippen molar-refractivity contribution in [2.75, 3.05) is 6.61 Å². The summed E-state index contributed by atoms with van der Waals surface area (Å²) in [6, 6.07) is 14.2. The molecule has 1 aliphatic heterocycles. The van der Waals surface area contributed by atoms with Gasteiger partial charge in [0.15, 0.2) is 5.78 Å². The second-order valence-electron chi connectivity index (χ2n) is 5.40. The van der Waals surface area contributed by atoms with Gasteiger partial charge < -0.3 is 4.74 Å². The number of rotatable bonds is 4. The molecule has 0 saturated heterocycles. The summed E-state index contributed by atoms with van der Waals surface area (Å²) in [6.07, 6.45) is 1.06. The number of thioether (sulfide) groups is 1. The molecule has 21 heavy (non-hydrogen) atoms. The van der Waals surface area contributed by atoms with Crippen molar-refractivity contribution in [2.24, 2.45) is 0 Å². The number of ether oxygens (including phenoxy) is 1. The third-order valence-corrected chi connectivity index (χ3v) is 5.01. The molecule has 1 heterocycles. The van der Waals surface area contributed by atoms with Crippen molar-refractivity contribution in [2.45, 2.75) is 30.4 Å². The van der Waals surface area contributed by atoms with Gasteiger partial charge in [0.25, 0.3) is 0 Å².